The van der Waals surface area contributed by atoms with Crippen molar-refractivity contribution >= 4 is 11.7 Å². The van der Waals surface area contributed by atoms with Gasteiger partial charge in [-0.2, -0.15) is 0 Å². The number of nitrogen functional groups attached to an aromatic ring is 1. The zero-order chi connectivity index (χ0) is 18.4. The second-order valence-electron chi connectivity index (χ2n) is 6.39. The zero-order valence-electron chi connectivity index (χ0n) is 14.6. The van der Waals surface area contributed by atoms with Crippen LogP contribution in [-0.2, 0) is 6.54 Å². The summed E-state index contributed by atoms with van der Waals surface area (Å²) in [6, 6.07) is 14.6. The molecule has 2 aromatic carbocycles. The Bertz CT molecular complexity index is 768. The van der Waals surface area contributed by atoms with Crippen LogP contribution >= 0.6 is 0 Å². The number of nitrogens with two attached hydrogens (primary N) is 1. The fourth-order valence-corrected chi connectivity index (χ4v) is 2.90. The molecule has 1 amide bonds. The van der Waals surface area contributed by atoms with E-state index >= 15 is 0 Å². The molecule has 1 saturated heterocycles. The molecule has 2 aromatic rings. The summed E-state index contributed by atoms with van der Waals surface area (Å²) in [7, 11) is 0. The molecule has 0 aromatic heterocycles. The number of hydrogen-bond acceptors (Lipinski definition) is 4. The maximum atomic E-state index is 12.3. The maximum absolute atomic E-state index is 12.3. The van der Waals surface area contributed by atoms with E-state index in [0.29, 0.717) is 17.7 Å². The van der Waals surface area contributed by atoms with Crippen LogP contribution in [0.4, 0.5) is 0 Å². The van der Waals surface area contributed by atoms with Gasteiger partial charge in [0.25, 0.3) is 5.91 Å². The summed E-state index contributed by atoms with van der Waals surface area (Å²) in [6.07, 6.45) is 2.32. The molecule has 0 unspecified atom stereocenters. The standard InChI is InChI=1S/C20H24N4O2/c21-19(22)15-2-1-3-16(12-15)20(25)24-13-14-4-6-17(7-5-14)26-18-8-10-23-11-9-18/h1-7,12,18,23H,8-11,13H2,(H3,21,22)(H,24,25). The first-order chi connectivity index (χ1) is 12.6. The second kappa shape index (κ2) is 8.49. The molecule has 0 saturated carbocycles. The molecule has 0 aliphatic carbocycles. The Morgan fingerprint density at radius 3 is 2.54 bits per heavy atom. The summed E-state index contributed by atoms with van der Waals surface area (Å²) >= 11 is 0. The highest BCUT2D eigenvalue weighted by Crippen LogP contribution is 2.17. The SMILES string of the molecule is N=C(N)c1cccc(C(=O)NCc2ccc(OC3CCNCC3)cc2)c1. The van der Waals surface area contributed by atoms with E-state index in [0.717, 1.165) is 37.2 Å². The third-order valence-electron chi connectivity index (χ3n) is 4.40. The van der Waals surface area contributed by atoms with Crippen LogP contribution in [0.2, 0.25) is 0 Å². The van der Waals surface area contributed by atoms with Crippen molar-refractivity contribution in [1.29, 1.82) is 5.41 Å². The molecule has 26 heavy (non-hydrogen) atoms. The Morgan fingerprint density at radius 1 is 1.15 bits per heavy atom. The molecule has 0 spiro atoms. The molecule has 0 bridgehead atoms. The van der Waals surface area contributed by atoms with Crippen LogP contribution in [-0.4, -0.2) is 30.9 Å². The first-order valence-corrected chi connectivity index (χ1v) is 8.81. The maximum Gasteiger partial charge on any atom is 0.251 e. The fourth-order valence-electron chi connectivity index (χ4n) is 2.90. The van der Waals surface area contributed by atoms with Crippen LogP contribution in [0.5, 0.6) is 5.75 Å². The van der Waals surface area contributed by atoms with E-state index in [4.69, 9.17) is 15.9 Å². The van der Waals surface area contributed by atoms with Crippen molar-refractivity contribution in [3.63, 3.8) is 0 Å². The average Bonchev–Trinajstić information content (AvgIpc) is 2.68. The van der Waals surface area contributed by atoms with Crippen molar-refractivity contribution in [3.8, 4) is 5.75 Å². The molecule has 0 atom stereocenters. The topological polar surface area (TPSA) is 100 Å². The van der Waals surface area contributed by atoms with Gasteiger partial charge in [0.05, 0.1) is 0 Å². The Morgan fingerprint density at radius 2 is 1.85 bits per heavy atom. The third kappa shape index (κ3) is 4.83. The molecule has 6 nitrogen and oxygen atoms in total. The van der Waals surface area contributed by atoms with E-state index in [1.807, 2.05) is 24.3 Å². The average molecular weight is 352 g/mol. The lowest BCUT2D eigenvalue weighted by molar-refractivity contribution is 0.0951. The number of piperidine rings is 1. The molecule has 6 heteroatoms. The van der Waals surface area contributed by atoms with E-state index in [1.165, 1.54) is 0 Å². The minimum Gasteiger partial charge on any atom is -0.490 e. The van der Waals surface area contributed by atoms with Crippen LogP contribution < -0.4 is 21.1 Å². The number of carbonyl (C=O) groups is 1. The number of amides is 1. The monoisotopic (exact) mass is 352 g/mol. The van der Waals surface area contributed by atoms with Gasteiger partial charge in [-0.05, 0) is 55.8 Å². The minimum atomic E-state index is -0.192. The van der Waals surface area contributed by atoms with Crippen molar-refractivity contribution in [2.75, 3.05) is 13.1 Å². The van der Waals surface area contributed by atoms with Crippen molar-refractivity contribution in [2.24, 2.45) is 5.73 Å². The van der Waals surface area contributed by atoms with E-state index in [1.54, 1.807) is 24.3 Å². The van der Waals surface area contributed by atoms with Crippen molar-refractivity contribution in [3.05, 3.63) is 65.2 Å². The van der Waals surface area contributed by atoms with E-state index in [9.17, 15) is 4.79 Å². The first kappa shape index (κ1) is 17.9. The third-order valence-corrected chi connectivity index (χ3v) is 4.40. The summed E-state index contributed by atoms with van der Waals surface area (Å²) in [5, 5.41) is 13.7. The van der Waals surface area contributed by atoms with Crippen molar-refractivity contribution < 1.29 is 9.53 Å². The summed E-state index contributed by atoms with van der Waals surface area (Å²) in [6.45, 7) is 2.43. The largest absolute Gasteiger partial charge is 0.490 e. The summed E-state index contributed by atoms with van der Waals surface area (Å²) < 4.78 is 5.98. The van der Waals surface area contributed by atoms with Gasteiger partial charge < -0.3 is 21.1 Å². The lowest BCUT2D eigenvalue weighted by Crippen LogP contribution is -2.34. The highest BCUT2D eigenvalue weighted by Gasteiger charge is 2.14. The van der Waals surface area contributed by atoms with Gasteiger partial charge in [0.2, 0.25) is 0 Å². The molecule has 3 rings (SSSR count). The van der Waals surface area contributed by atoms with Gasteiger partial charge in [0, 0.05) is 17.7 Å². The molecular formula is C20H24N4O2. The van der Waals surface area contributed by atoms with Crippen LogP contribution in [0.3, 0.4) is 0 Å². The molecule has 1 aliphatic heterocycles. The minimum absolute atomic E-state index is 0.0519. The lowest BCUT2D eigenvalue weighted by atomic mass is 10.1. The first-order valence-electron chi connectivity index (χ1n) is 8.81. The Balaban J connectivity index is 1.53. The second-order valence-corrected chi connectivity index (χ2v) is 6.39. The molecular weight excluding hydrogens is 328 g/mol. The molecule has 136 valence electrons. The zero-order valence-corrected chi connectivity index (χ0v) is 14.6. The smallest absolute Gasteiger partial charge is 0.251 e. The summed E-state index contributed by atoms with van der Waals surface area (Å²) in [5.74, 6) is 0.619. The number of ether oxygens (including phenoxy) is 1. The summed E-state index contributed by atoms with van der Waals surface area (Å²) in [4.78, 5) is 12.3. The Kier molecular flexibility index (Phi) is 5.86. The number of hydrogen-bond donors (Lipinski definition) is 4. The Labute approximate surface area is 153 Å². The van der Waals surface area contributed by atoms with Crippen LogP contribution in [0.1, 0.15) is 34.3 Å². The van der Waals surface area contributed by atoms with Gasteiger partial charge in [-0.1, -0.05) is 24.3 Å². The molecule has 1 fully saturated rings. The number of nitrogens with one attached hydrogen (secondary N) is 3. The molecule has 1 heterocycles. The van der Waals surface area contributed by atoms with Gasteiger partial charge in [-0.25, -0.2) is 0 Å². The van der Waals surface area contributed by atoms with Gasteiger partial charge in [0.1, 0.15) is 17.7 Å². The van der Waals surface area contributed by atoms with Crippen molar-refractivity contribution in [1.82, 2.24) is 10.6 Å². The normalized spacial score (nSPS) is 14.6. The lowest BCUT2D eigenvalue weighted by Gasteiger charge is -2.23. The van der Waals surface area contributed by atoms with E-state index in [-0.39, 0.29) is 17.8 Å². The highest BCUT2D eigenvalue weighted by molar-refractivity contribution is 5.99. The fraction of sp³-hybridized carbons (Fsp3) is 0.300. The van der Waals surface area contributed by atoms with Gasteiger partial charge in [-0.15, -0.1) is 0 Å². The molecule has 0 radical (unpaired) electrons. The number of amidine groups is 1. The molecule has 5 N–H and O–H groups in total. The number of carbonyl (C=O) groups excluding carboxylic acids is 1. The van der Waals surface area contributed by atoms with Gasteiger partial charge in [-0.3, -0.25) is 10.2 Å². The van der Waals surface area contributed by atoms with Crippen LogP contribution in [0.25, 0.3) is 0 Å². The highest BCUT2D eigenvalue weighted by atomic mass is 16.5. The van der Waals surface area contributed by atoms with Crippen LogP contribution in [0, 0.1) is 5.41 Å². The van der Waals surface area contributed by atoms with Gasteiger partial charge >= 0.3 is 0 Å². The van der Waals surface area contributed by atoms with Crippen molar-refractivity contribution in [2.45, 2.75) is 25.5 Å². The Hall–Kier alpha value is -2.86. The predicted molar refractivity (Wildman–Crippen MR) is 102 cm³/mol. The van der Waals surface area contributed by atoms with E-state index in [2.05, 4.69) is 10.6 Å². The quantitative estimate of drug-likeness (QED) is 0.472. The number of rotatable bonds is 6. The van der Waals surface area contributed by atoms with Gasteiger partial charge in [0.15, 0.2) is 0 Å². The predicted octanol–water partition coefficient (Wildman–Crippen LogP) is 2.03. The van der Waals surface area contributed by atoms with E-state index < -0.39 is 0 Å². The molecule has 1 aliphatic rings. The van der Waals surface area contributed by atoms with Crippen LogP contribution in [0.15, 0.2) is 48.5 Å². The summed E-state index contributed by atoms with van der Waals surface area (Å²) in [5.41, 5.74) is 7.49. The number of benzene rings is 2.